The third kappa shape index (κ3) is 7.96. The van der Waals surface area contributed by atoms with Gasteiger partial charge >= 0.3 is 5.97 Å². The number of carboxylic acids is 1. The minimum Gasteiger partial charge on any atom is -0.494 e. The average molecular weight is 494 g/mol. The first-order valence-corrected chi connectivity index (χ1v) is 12.9. The van der Waals surface area contributed by atoms with Crippen molar-refractivity contribution in [2.75, 3.05) is 13.2 Å². The lowest BCUT2D eigenvalue weighted by molar-refractivity contribution is -0.136. The van der Waals surface area contributed by atoms with Crippen LogP contribution in [0.3, 0.4) is 0 Å². The number of nitrogens with one attached hydrogen (secondary N) is 1. The van der Waals surface area contributed by atoms with Gasteiger partial charge in [-0.2, -0.15) is 0 Å². The Labute approximate surface area is 212 Å². The summed E-state index contributed by atoms with van der Waals surface area (Å²) in [6.07, 6.45) is 2.71. The second-order valence-electron chi connectivity index (χ2n) is 9.78. The molecular formula is C29H35NO4S. The summed E-state index contributed by atoms with van der Waals surface area (Å²) in [6.45, 7) is 9.58. The van der Waals surface area contributed by atoms with Crippen LogP contribution in [0.25, 0.3) is 11.1 Å². The van der Waals surface area contributed by atoms with Crippen molar-refractivity contribution in [2.24, 2.45) is 0 Å². The maximum absolute atomic E-state index is 12.1. The lowest BCUT2D eigenvalue weighted by Gasteiger charge is -2.19. The number of carbonyl (C=O) groups excluding carboxylic acids is 1. The molecule has 6 heteroatoms. The van der Waals surface area contributed by atoms with Crippen molar-refractivity contribution in [1.82, 2.24) is 5.32 Å². The lowest BCUT2D eigenvalue weighted by atomic mass is 9.86. The van der Waals surface area contributed by atoms with Crippen LogP contribution < -0.4 is 10.1 Å². The van der Waals surface area contributed by atoms with E-state index in [2.05, 4.69) is 69.4 Å². The van der Waals surface area contributed by atoms with E-state index in [9.17, 15) is 9.59 Å². The number of thiophene rings is 1. The molecule has 3 aromatic rings. The van der Waals surface area contributed by atoms with Gasteiger partial charge < -0.3 is 15.2 Å². The van der Waals surface area contributed by atoms with E-state index in [1.807, 2.05) is 12.1 Å². The molecule has 0 fully saturated rings. The van der Waals surface area contributed by atoms with E-state index in [0.29, 0.717) is 11.5 Å². The molecule has 0 saturated carbocycles. The van der Waals surface area contributed by atoms with E-state index in [0.717, 1.165) is 29.9 Å². The van der Waals surface area contributed by atoms with Crippen LogP contribution in [-0.2, 0) is 16.6 Å². The molecule has 0 aliphatic heterocycles. The highest BCUT2D eigenvalue weighted by Crippen LogP contribution is 2.30. The summed E-state index contributed by atoms with van der Waals surface area (Å²) in [7, 11) is 0. The number of benzene rings is 2. The first-order valence-electron chi connectivity index (χ1n) is 12.1. The third-order valence-electron chi connectivity index (χ3n) is 5.86. The fraction of sp³-hybridized carbons (Fsp3) is 0.379. The Hall–Kier alpha value is -3.12. The van der Waals surface area contributed by atoms with Crippen LogP contribution in [0.15, 0.2) is 54.6 Å². The van der Waals surface area contributed by atoms with Crippen molar-refractivity contribution in [3.63, 3.8) is 0 Å². The van der Waals surface area contributed by atoms with Gasteiger partial charge in [-0.1, -0.05) is 51.1 Å². The highest BCUT2D eigenvalue weighted by molar-refractivity contribution is 7.14. The third-order valence-corrected chi connectivity index (χ3v) is 7.00. The van der Waals surface area contributed by atoms with Gasteiger partial charge in [-0.3, -0.25) is 9.59 Å². The van der Waals surface area contributed by atoms with Crippen LogP contribution in [-0.4, -0.2) is 30.1 Å². The summed E-state index contributed by atoms with van der Waals surface area (Å²) in [5, 5.41) is 11.3. The summed E-state index contributed by atoms with van der Waals surface area (Å²) in [6, 6.07) is 18.8. The fourth-order valence-corrected chi connectivity index (χ4v) is 4.76. The summed E-state index contributed by atoms with van der Waals surface area (Å²) in [5.41, 5.74) is 5.11. The highest BCUT2D eigenvalue weighted by atomic mass is 32.1. The number of rotatable bonds is 11. The van der Waals surface area contributed by atoms with Crippen molar-refractivity contribution in [1.29, 1.82) is 0 Å². The zero-order valence-corrected chi connectivity index (χ0v) is 21.8. The predicted octanol–water partition coefficient (Wildman–Crippen LogP) is 6.63. The molecule has 35 heavy (non-hydrogen) atoms. The number of aryl methyl sites for hydroxylation is 2. The van der Waals surface area contributed by atoms with Crippen molar-refractivity contribution in [3.8, 4) is 16.9 Å². The quantitative estimate of drug-likeness (QED) is 0.294. The van der Waals surface area contributed by atoms with Crippen molar-refractivity contribution in [2.45, 2.75) is 58.8 Å². The molecule has 1 heterocycles. The van der Waals surface area contributed by atoms with Gasteiger partial charge in [-0.05, 0) is 78.1 Å². The van der Waals surface area contributed by atoms with Gasteiger partial charge in [0.1, 0.15) is 5.75 Å². The Morgan fingerprint density at radius 1 is 1.00 bits per heavy atom. The monoisotopic (exact) mass is 493 g/mol. The van der Waals surface area contributed by atoms with Crippen LogP contribution >= 0.6 is 11.3 Å². The Balaban J connectivity index is 1.43. The number of carbonyl (C=O) groups is 2. The van der Waals surface area contributed by atoms with Gasteiger partial charge in [0.05, 0.1) is 17.9 Å². The van der Waals surface area contributed by atoms with Crippen LogP contribution in [0.5, 0.6) is 5.75 Å². The number of hydrogen-bond acceptors (Lipinski definition) is 4. The average Bonchev–Trinajstić information content (AvgIpc) is 3.27. The van der Waals surface area contributed by atoms with E-state index < -0.39 is 5.97 Å². The maximum atomic E-state index is 12.1. The number of amides is 1. The van der Waals surface area contributed by atoms with Gasteiger partial charge in [0.15, 0.2) is 0 Å². The minimum atomic E-state index is -0.920. The summed E-state index contributed by atoms with van der Waals surface area (Å²) in [5.74, 6) is -0.250. The lowest BCUT2D eigenvalue weighted by Crippen LogP contribution is -2.25. The summed E-state index contributed by atoms with van der Waals surface area (Å²) < 4.78 is 5.98. The molecule has 0 unspecified atom stereocenters. The molecule has 1 amide bonds. The van der Waals surface area contributed by atoms with Gasteiger partial charge in [0.2, 0.25) is 0 Å². The second kappa shape index (κ2) is 12.0. The van der Waals surface area contributed by atoms with Gasteiger partial charge in [-0.25, -0.2) is 0 Å². The molecule has 2 N–H and O–H groups in total. The number of carboxylic acid groups (broad SMARTS) is 1. The Kier molecular flexibility index (Phi) is 9.10. The molecule has 0 spiro atoms. The molecule has 0 aliphatic rings. The largest absolute Gasteiger partial charge is 0.494 e. The van der Waals surface area contributed by atoms with E-state index >= 15 is 0 Å². The summed E-state index contributed by atoms with van der Waals surface area (Å²) in [4.78, 5) is 24.4. The van der Waals surface area contributed by atoms with Crippen molar-refractivity contribution < 1.29 is 19.4 Å². The Bertz CT molecular complexity index is 1140. The number of aliphatic carboxylic acids is 1. The Morgan fingerprint density at radius 3 is 2.40 bits per heavy atom. The SMILES string of the molecule is Cc1cc(OCCCCc2ccc(C(=O)NCCC(=O)O)s2)ccc1-c1ccc(C(C)(C)C)cc1. The second-order valence-corrected chi connectivity index (χ2v) is 10.9. The van der Waals surface area contributed by atoms with E-state index in [1.54, 1.807) is 6.07 Å². The molecule has 0 radical (unpaired) electrons. The molecule has 0 aliphatic carbocycles. The van der Waals surface area contributed by atoms with Gasteiger partial charge in [0.25, 0.3) is 5.91 Å². The molecule has 186 valence electrons. The van der Waals surface area contributed by atoms with Crippen LogP contribution in [0, 0.1) is 6.92 Å². The van der Waals surface area contributed by atoms with Crippen molar-refractivity contribution in [3.05, 3.63) is 75.5 Å². The zero-order valence-electron chi connectivity index (χ0n) is 21.0. The first kappa shape index (κ1) is 26.5. The number of hydrogen-bond donors (Lipinski definition) is 2. The standard InChI is InChI=1S/C29H35NO4S/c1-20-19-23(12-14-25(20)21-8-10-22(11-9-21)29(2,3)4)34-18-6-5-7-24-13-15-26(35-24)28(33)30-17-16-27(31)32/h8-15,19H,5-7,16-18H2,1-4H3,(H,30,33)(H,31,32). The molecule has 3 rings (SSSR count). The minimum absolute atomic E-state index is 0.0727. The molecule has 0 atom stereocenters. The topological polar surface area (TPSA) is 75.6 Å². The van der Waals surface area contributed by atoms with Gasteiger partial charge in [0, 0.05) is 11.4 Å². The van der Waals surface area contributed by atoms with Crippen LogP contribution in [0.1, 0.15) is 65.7 Å². The predicted molar refractivity (Wildman–Crippen MR) is 143 cm³/mol. The first-order chi connectivity index (χ1) is 16.6. The van der Waals surface area contributed by atoms with Crippen LogP contribution in [0.2, 0.25) is 0 Å². The van der Waals surface area contributed by atoms with Crippen molar-refractivity contribution >= 4 is 23.2 Å². The normalized spacial score (nSPS) is 11.3. The van der Waals surface area contributed by atoms with Gasteiger partial charge in [-0.15, -0.1) is 11.3 Å². The number of ether oxygens (including phenoxy) is 1. The molecule has 2 aromatic carbocycles. The molecule has 0 saturated heterocycles. The van der Waals surface area contributed by atoms with E-state index in [-0.39, 0.29) is 24.3 Å². The molecule has 5 nitrogen and oxygen atoms in total. The molecule has 1 aromatic heterocycles. The zero-order chi connectivity index (χ0) is 25.4. The van der Waals surface area contributed by atoms with Crippen LogP contribution in [0.4, 0.5) is 0 Å². The highest BCUT2D eigenvalue weighted by Gasteiger charge is 2.14. The maximum Gasteiger partial charge on any atom is 0.305 e. The van der Waals surface area contributed by atoms with E-state index in [1.165, 1.54) is 33.6 Å². The summed E-state index contributed by atoms with van der Waals surface area (Å²) >= 11 is 1.46. The molecule has 0 bridgehead atoms. The van der Waals surface area contributed by atoms with E-state index in [4.69, 9.17) is 9.84 Å². The Morgan fingerprint density at radius 2 is 1.74 bits per heavy atom. The number of unbranched alkanes of at least 4 members (excludes halogenated alkanes) is 1. The fourth-order valence-electron chi connectivity index (χ4n) is 3.80. The smallest absolute Gasteiger partial charge is 0.305 e. The molecular weight excluding hydrogens is 458 g/mol.